The van der Waals surface area contributed by atoms with Gasteiger partial charge in [-0.2, -0.15) is 17.0 Å². The summed E-state index contributed by atoms with van der Waals surface area (Å²) in [5.74, 6) is 1.67. The van der Waals surface area contributed by atoms with Crippen LogP contribution >= 0.6 is 0 Å². The van der Waals surface area contributed by atoms with E-state index in [0.717, 1.165) is 37.4 Å². The molecule has 0 saturated carbocycles. The molecular formula is C17H30N6O3S. The number of hydrogen-bond acceptors (Lipinski definition) is 7. The van der Waals surface area contributed by atoms with E-state index in [-0.39, 0.29) is 6.54 Å². The Morgan fingerprint density at radius 3 is 2.63 bits per heavy atom. The molecule has 2 aliphatic rings. The van der Waals surface area contributed by atoms with Crippen molar-refractivity contribution in [1.82, 2.24) is 23.9 Å². The molecule has 2 aliphatic heterocycles. The first kappa shape index (κ1) is 20.4. The van der Waals surface area contributed by atoms with E-state index in [1.54, 1.807) is 7.05 Å². The lowest BCUT2D eigenvalue weighted by atomic mass is 9.96. The maximum atomic E-state index is 12.8. The second-order valence-electron chi connectivity index (χ2n) is 7.28. The minimum atomic E-state index is -3.55. The first-order valence-corrected chi connectivity index (χ1v) is 10.8. The number of anilines is 1. The summed E-state index contributed by atoms with van der Waals surface area (Å²) in [5, 5.41) is 3.41. The molecule has 0 amide bonds. The van der Waals surface area contributed by atoms with E-state index in [9.17, 15) is 8.42 Å². The molecule has 0 unspecified atom stereocenters. The van der Waals surface area contributed by atoms with Crippen molar-refractivity contribution in [2.24, 2.45) is 0 Å². The van der Waals surface area contributed by atoms with Gasteiger partial charge in [-0.1, -0.05) is 0 Å². The highest BCUT2D eigenvalue weighted by Crippen LogP contribution is 2.24. The molecule has 3 rings (SSSR count). The first-order valence-electron chi connectivity index (χ1n) is 9.43. The summed E-state index contributed by atoms with van der Waals surface area (Å²) in [6.07, 6.45) is 2.20. The van der Waals surface area contributed by atoms with E-state index in [2.05, 4.69) is 10.3 Å². The molecule has 2 fully saturated rings. The second kappa shape index (κ2) is 8.78. The largest absolute Gasteiger partial charge is 0.379 e. The van der Waals surface area contributed by atoms with E-state index in [1.807, 2.05) is 25.1 Å². The van der Waals surface area contributed by atoms with Gasteiger partial charge in [0.1, 0.15) is 11.6 Å². The highest BCUT2D eigenvalue weighted by atomic mass is 32.2. The van der Waals surface area contributed by atoms with Gasteiger partial charge < -0.3 is 15.0 Å². The van der Waals surface area contributed by atoms with Crippen LogP contribution < -0.4 is 10.2 Å². The molecule has 2 saturated heterocycles. The Bertz CT molecular complexity index is 730. The second-order valence-corrected chi connectivity index (χ2v) is 9.32. The van der Waals surface area contributed by atoms with E-state index in [0.29, 0.717) is 38.0 Å². The third-order valence-electron chi connectivity index (χ3n) is 5.01. The monoisotopic (exact) mass is 398 g/mol. The summed E-state index contributed by atoms with van der Waals surface area (Å²) in [6.45, 7) is 3.70. The fourth-order valence-corrected chi connectivity index (χ4v) is 4.65. The summed E-state index contributed by atoms with van der Waals surface area (Å²) in [5.41, 5.74) is 0.980. The first-order chi connectivity index (χ1) is 12.9. The summed E-state index contributed by atoms with van der Waals surface area (Å²) < 4.78 is 33.7. The van der Waals surface area contributed by atoms with E-state index in [1.165, 1.54) is 8.61 Å². The molecule has 0 bridgehead atoms. The van der Waals surface area contributed by atoms with Crippen molar-refractivity contribution in [3.63, 3.8) is 0 Å². The van der Waals surface area contributed by atoms with Gasteiger partial charge in [0.05, 0.1) is 25.5 Å². The summed E-state index contributed by atoms with van der Waals surface area (Å²) in [6, 6.07) is 2.01. The number of nitrogens with one attached hydrogen (secondary N) is 1. The smallest absolute Gasteiger partial charge is 0.282 e. The molecule has 3 heterocycles. The van der Waals surface area contributed by atoms with Crippen LogP contribution in [0.2, 0.25) is 0 Å². The van der Waals surface area contributed by atoms with Crippen LogP contribution in [0.5, 0.6) is 0 Å². The van der Waals surface area contributed by atoms with Crippen LogP contribution in [0.1, 0.15) is 30.3 Å². The zero-order valence-corrected chi connectivity index (χ0v) is 17.2. The Hall–Kier alpha value is -1.33. The fourth-order valence-electron chi connectivity index (χ4n) is 3.37. The molecule has 1 atom stereocenters. The number of hydrogen-bond donors (Lipinski definition) is 1. The number of morpholine rings is 1. The predicted molar refractivity (Wildman–Crippen MR) is 104 cm³/mol. The third-order valence-corrected chi connectivity index (χ3v) is 6.94. The highest BCUT2D eigenvalue weighted by Gasteiger charge is 2.29. The number of aromatic nitrogens is 2. The number of ether oxygens (including phenoxy) is 1. The molecule has 1 aromatic heterocycles. The molecule has 10 heteroatoms. The van der Waals surface area contributed by atoms with Gasteiger partial charge in [-0.3, -0.25) is 0 Å². The van der Waals surface area contributed by atoms with Crippen molar-refractivity contribution in [2.75, 3.05) is 65.4 Å². The van der Waals surface area contributed by atoms with Crippen molar-refractivity contribution >= 4 is 16.0 Å². The molecule has 27 heavy (non-hydrogen) atoms. The number of piperidine rings is 1. The lowest BCUT2D eigenvalue weighted by Gasteiger charge is -2.30. The van der Waals surface area contributed by atoms with E-state index >= 15 is 0 Å². The van der Waals surface area contributed by atoms with Gasteiger partial charge in [0.15, 0.2) is 0 Å². The predicted octanol–water partition coefficient (Wildman–Crippen LogP) is 0.0184. The van der Waals surface area contributed by atoms with Crippen LogP contribution in [-0.2, 0) is 21.5 Å². The van der Waals surface area contributed by atoms with Crippen molar-refractivity contribution in [1.29, 1.82) is 0 Å². The van der Waals surface area contributed by atoms with Crippen LogP contribution in [0.4, 0.5) is 5.82 Å². The minimum absolute atomic E-state index is 0.147. The van der Waals surface area contributed by atoms with Crippen molar-refractivity contribution in [3.05, 3.63) is 17.6 Å². The van der Waals surface area contributed by atoms with Gasteiger partial charge in [-0.05, 0) is 19.4 Å². The standard InChI is InChI=1S/C17H30N6O3S/c1-21(2)17-11-15(14-5-4-6-18-12-14)19-16(20-17)13-22(3)27(24,25)23-7-9-26-10-8-23/h11,14,18H,4-10,12-13H2,1-3H3/t14-/m0/s1. The molecule has 0 aliphatic carbocycles. The molecule has 9 nitrogen and oxygen atoms in total. The topological polar surface area (TPSA) is 90.9 Å². The summed E-state index contributed by atoms with van der Waals surface area (Å²) >= 11 is 0. The van der Waals surface area contributed by atoms with Crippen LogP contribution in [0, 0.1) is 0 Å². The Labute approximate surface area is 161 Å². The molecule has 0 spiro atoms. The highest BCUT2D eigenvalue weighted by molar-refractivity contribution is 7.86. The van der Waals surface area contributed by atoms with Gasteiger partial charge in [0.2, 0.25) is 0 Å². The molecule has 1 aromatic rings. The Morgan fingerprint density at radius 2 is 2.00 bits per heavy atom. The Balaban J connectivity index is 1.81. The van der Waals surface area contributed by atoms with E-state index in [4.69, 9.17) is 9.72 Å². The maximum absolute atomic E-state index is 12.8. The normalized spacial score (nSPS) is 22.1. The van der Waals surface area contributed by atoms with Gasteiger partial charge in [0.25, 0.3) is 10.2 Å². The Morgan fingerprint density at radius 1 is 1.26 bits per heavy atom. The van der Waals surface area contributed by atoms with Gasteiger partial charge >= 0.3 is 0 Å². The quantitative estimate of drug-likeness (QED) is 0.722. The molecule has 1 N–H and O–H groups in total. The van der Waals surface area contributed by atoms with Crippen LogP contribution in [0.15, 0.2) is 6.07 Å². The molecule has 0 radical (unpaired) electrons. The van der Waals surface area contributed by atoms with Gasteiger partial charge in [-0.25, -0.2) is 9.97 Å². The van der Waals surface area contributed by atoms with Crippen LogP contribution in [-0.4, -0.2) is 87.5 Å². The minimum Gasteiger partial charge on any atom is -0.379 e. The Kier molecular flexibility index (Phi) is 6.64. The number of nitrogens with zero attached hydrogens (tertiary/aromatic N) is 5. The van der Waals surface area contributed by atoms with Crippen molar-refractivity contribution in [2.45, 2.75) is 25.3 Å². The molecular weight excluding hydrogens is 368 g/mol. The van der Waals surface area contributed by atoms with Gasteiger partial charge in [-0.15, -0.1) is 0 Å². The zero-order chi connectivity index (χ0) is 19.4. The lowest BCUT2D eigenvalue weighted by molar-refractivity contribution is 0.0704. The SMILES string of the molecule is CN(C)c1cc([C@H]2CCCNC2)nc(CN(C)S(=O)(=O)N2CCOCC2)n1. The lowest BCUT2D eigenvalue weighted by Crippen LogP contribution is -2.47. The fraction of sp³-hybridized carbons (Fsp3) is 0.765. The van der Waals surface area contributed by atoms with Crippen LogP contribution in [0.25, 0.3) is 0 Å². The average molecular weight is 399 g/mol. The van der Waals surface area contributed by atoms with Crippen LogP contribution in [0.3, 0.4) is 0 Å². The maximum Gasteiger partial charge on any atom is 0.282 e. The third kappa shape index (κ3) is 4.94. The zero-order valence-electron chi connectivity index (χ0n) is 16.4. The van der Waals surface area contributed by atoms with Crippen molar-refractivity contribution in [3.8, 4) is 0 Å². The summed E-state index contributed by atoms with van der Waals surface area (Å²) in [4.78, 5) is 11.2. The molecule has 152 valence electrons. The number of rotatable bonds is 6. The van der Waals surface area contributed by atoms with Crippen molar-refractivity contribution < 1.29 is 13.2 Å². The molecule has 0 aromatic carbocycles. The van der Waals surface area contributed by atoms with Gasteiger partial charge in [0, 0.05) is 52.8 Å². The summed E-state index contributed by atoms with van der Waals surface area (Å²) in [7, 11) is 1.90. The van der Waals surface area contributed by atoms with E-state index < -0.39 is 10.2 Å². The average Bonchev–Trinajstić information content (AvgIpc) is 2.69.